The fourth-order valence-electron chi connectivity index (χ4n) is 3.39. The maximum absolute atomic E-state index is 12.8. The first kappa shape index (κ1) is 15.6. The summed E-state index contributed by atoms with van der Waals surface area (Å²) in [6.07, 6.45) is 6.84. The molecule has 2 atom stereocenters. The minimum absolute atomic E-state index is 0.0262. The van der Waals surface area contributed by atoms with Crippen molar-refractivity contribution in [3.05, 3.63) is 41.1 Å². The Balaban J connectivity index is 1.72. The van der Waals surface area contributed by atoms with Crippen LogP contribution in [0.4, 0.5) is 4.79 Å². The number of nitrogens with one attached hydrogen (secondary N) is 2. The lowest BCUT2D eigenvalue weighted by atomic mass is 9.98. The summed E-state index contributed by atoms with van der Waals surface area (Å²) >= 11 is 0. The van der Waals surface area contributed by atoms with Gasteiger partial charge in [-0.3, -0.25) is 5.10 Å². The van der Waals surface area contributed by atoms with Crippen LogP contribution in [0.2, 0.25) is 0 Å². The Bertz CT molecular complexity index is 662. The van der Waals surface area contributed by atoms with Gasteiger partial charge in [-0.15, -0.1) is 0 Å². The summed E-state index contributed by atoms with van der Waals surface area (Å²) in [6, 6.07) is 1.99. The molecule has 1 aliphatic rings. The van der Waals surface area contributed by atoms with Crippen LogP contribution >= 0.6 is 0 Å². The molecule has 3 heterocycles. The number of aromatic amines is 1. The number of piperidine rings is 1. The number of carbonyl (C=O) groups is 1. The normalized spacial score (nSPS) is 19.6. The number of carbonyl (C=O) groups excluding carboxylic acids is 1. The fraction of sp³-hybridized carbons (Fsp3) is 0.529. The highest BCUT2D eigenvalue weighted by atomic mass is 16.3. The molecule has 1 fully saturated rings. The number of rotatable bonds is 3. The number of H-pyrrole nitrogens is 1. The number of nitrogens with zero attached hydrogens (tertiary/aromatic N) is 2. The number of aromatic nitrogens is 2. The van der Waals surface area contributed by atoms with Gasteiger partial charge < -0.3 is 14.6 Å². The molecule has 0 aromatic carbocycles. The quantitative estimate of drug-likeness (QED) is 0.908. The smallest absolute Gasteiger partial charge is 0.318 e. The standard InChI is InChI=1S/C17H24N4O2/c1-11-8-15(13(3)23-11)12(2)20-17(22)21-7-5-4-6-16(21)14-9-18-19-10-14/h8-10,12,16H,4-7H2,1-3H3,(H,18,19)(H,20,22)/t12-,16+/m0/s1. The number of urea groups is 1. The molecule has 2 aromatic rings. The van der Waals surface area contributed by atoms with Crippen molar-refractivity contribution in [3.63, 3.8) is 0 Å². The summed E-state index contributed by atoms with van der Waals surface area (Å²) in [5.41, 5.74) is 2.11. The van der Waals surface area contributed by atoms with Gasteiger partial charge in [0.15, 0.2) is 0 Å². The third kappa shape index (κ3) is 3.25. The number of hydrogen-bond donors (Lipinski definition) is 2. The first-order valence-corrected chi connectivity index (χ1v) is 8.19. The lowest BCUT2D eigenvalue weighted by Gasteiger charge is -2.36. The average Bonchev–Trinajstić information content (AvgIpc) is 3.16. The minimum atomic E-state index is -0.0770. The van der Waals surface area contributed by atoms with Gasteiger partial charge in [-0.25, -0.2) is 4.79 Å². The maximum Gasteiger partial charge on any atom is 0.318 e. The molecule has 6 nitrogen and oxygen atoms in total. The zero-order chi connectivity index (χ0) is 16.4. The highest BCUT2D eigenvalue weighted by molar-refractivity contribution is 5.75. The van der Waals surface area contributed by atoms with E-state index in [-0.39, 0.29) is 18.1 Å². The predicted octanol–water partition coefficient (Wildman–Crippen LogP) is 3.62. The summed E-state index contributed by atoms with van der Waals surface area (Å²) in [5, 5.41) is 9.97. The predicted molar refractivity (Wildman–Crippen MR) is 87.0 cm³/mol. The lowest BCUT2D eigenvalue weighted by molar-refractivity contribution is 0.149. The van der Waals surface area contributed by atoms with Crippen LogP contribution in [0.3, 0.4) is 0 Å². The molecule has 3 rings (SSSR count). The van der Waals surface area contributed by atoms with Gasteiger partial charge in [0.2, 0.25) is 0 Å². The minimum Gasteiger partial charge on any atom is -0.466 e. The molecule has 0 spiro atoms. The van der Waals surface area contributed by atoms with Crippen LogP contribution in [0.1, 0.15) is 60.9 Å². The van der Waals surface area contributed by atoms with Crippen LogP contribution in [-0.2, 0) is 0 Å². The van der Waals surface area contributed by atoms with E-state index >= 15 is 0 Å². The van der Waals surface area contributed by atoms with Crippen LogP contribution in [0, 0.1) is 13.8 Å². The van der Waals surface area contributed by atoms with Crippen molar-refractivity contribution in [2.45, 2.75) is 52.1 Å². The molecule has 6 heteroatoms. The molecule has 0 aliphatic carbocycles. The van der Waals surface area contributed by atoms with Gasteiger partial charge in [-0.05, 0) is 46.1 Å². The third-order valence-electron chi connectivity index (χ3n) is 4.55. The second-order valence-corrected chi connectivity index (χ2v) is 6.28. The van der Waals surface area contributed by atoms with Crippen LogP contribution in [0.25, 0.3) is 0 Å². The number of aryl methyl sites for hydroxylation is 2. The number of hydrogen-bond acceptors (Lipinski definition) is 3. The molecule has 23 heavy (non-hydrogen) atoms. The SMILES string of the molecule is Cc1cc([C@H](C)NC(=O)N2CCCC[C@@H]2c2cn[nH]c2)c(C)o1. The first-order chi connectivity index (χ1) is 11.1. The third-order valence-corrected chi connectivity index (χ3v) is 4.55. The Hall–Kier alpha value is -2.24. The molecule has 0 radical (unpaired) electrons. The molecule has 124 valence electrons. The average molecular weight is 316 g/mol. The van der Waals surface area contributed by atoms with Crippen LogP contribution in [-0.4, -0.2) is 27.7 Å². The van der Waals surface area contributed by atoms with Crippen molar-refractivity contribution in [2.75, 3.05) is 6.54 Å². The second-order valence-electron chi connectivity index (χ2n) is 6.28. The highest BCUT2D eigenvalue weighted by Crippen LogP contribution is 2.31. The molecule has 0 unspecified atom stereocenters. The van der Waals surface area contributed by atoms with E-state index in [0.29, 0.717) is 0 Å². The second kappa shape index (κ2) is 6.48. The molecular formula is C17H24N4O2. The van der Waals surface area contributed by atoms with E-state index in [4.69, 9.17) is 4.42 Å². The van der Waals surface area contributed by atoms with Gasteiger partial charge in [0.1, 0.15) is 11.5 Å². The Morgan fingerprint density at radius 2 is 2.30 bits per heavy atom. The zero-order valence-corrected chi connectivity index (χ0v) is 13.9. The Morgan fingerprint density at radius 3 is 2.96 bits per heavy atom. The Kier molecular flexibility index (Phi) is 4.41. The number of likely N-dealkylation sites (tertiary alicyclic amines) is 1. The van der Waals surface area contributed by atoms with Crippen molar-refractivity contribution in [1.82, 2.24) is 20.4 Å². The van der Waals surface area contributed by atoms with Gasteiger partial charge >= 0.3 is 6.03 Å². The largest absolute Gasteiger partial charge is 0.466 e. The van der Waals surface area contributed by atoms with Gasteiger partial charge in [-0.2, -0.15) is 5.10 Å². The molecular weight excluding hydrogens is 292 g/mol. The topological polar surface area (TPSA) is 74.2 Å². The number of furan rings is 1. The van der Waals surface area contributed by atoms with Crippen molar-refractivity contribution in [2.24, 2.45) is 0 Å². The van der Waals surface area contributed by atoms with Crippen molar-refractivity contribution in [3.8, 4) is 0 Å². The van der Waals surface area contributed by atoms with E-state index in [1.54, 1.807) is 0 Å². The van der Waals surface area contributed by atoms with E-state index in [9.17, 15) is 4.79 Å². The van der Waals surface area contributed by atoms with Gasteiger partial charge in [0.05, 0.1) is 18.3 Å². The summed E-state index contributed by atoms with van der Waals surface area (Å²) in [7, 11) is 0. The van der Waals surface area contributed by atoms with E-state index in [1.165, 1.54) is 0 Å². The van der Waals surface area contributed by atoms with Crippen LogP contribution < -0.4 is 5.32 Å². The molecule has 0 bridgehead atoms. The van der Waals surface area contributed by atoms with Gasteiger partial charge in [0.25, 0.3) is 0 Å². The maximum atomic E-state index is 12.8. The summed E-state index contributed by atoms with van der Waals surface area (Å²) in [5.74, 6) is 1.73. The molecule has 2 aromatic heterocycles. The first-order valence-electron chi connectivity index (χ1n) is 8.19. The van der Waals surface area contributed by atoms with Crippen LogP contribution in [0.5, 0.6) is 0 Å². The van der Waals surface area contributed by atoms with E-state index < -0.39 is 0 Å². The van der Waals surface area contributed by atoms with Crippen molar-refractivity contribution in [1.29, 1.82) is 0 Å². The Labute approximate surface area is 136 Å². The van der Waals surface area contributed by atoms with Crippen molar-refractivity contribution < 1.29 is 9.21 Å². The Morgan fingerprint density at radius 1 is 1.48 bits per heavy atom. The van der Waals surface area contributed by atoms with E-state index in [1.807, 2.05) is 44.1 Å². The summed E-state index contributed by atoms with van der Waals surface area (Å²) in [4.78, 5) is 14.7. The van der Waals surface area contributed by atoms with E-state index in [2.05, 4.69) is 15.5 Å². The monoisotopic (exact) mass is 316 g/mol. The lowest BCUT2D eigenvalue weighted by Crippen LogP contribution is -2.45. The molecule has 1 aliphatic heterocycles. The van der Waals surface area contributed by atoms with Crippen molar-refractivity contribution >= 4 is 6.03 Å². The summed E-state index contributed by atoms with van der Waals surface area (Å²) < 4.78 is 5.57. The molecule has 0 saturated carbocycles. The van der Waals surface area contributed by atoms with Gasteiger partial charge in [0, 0.05) is 23.9 Å². The fourth-order valence-corrected chi connectivity index (χ4v) is 3.39. The summed E-state index contributed by atoms with van der Waals surface area (Å²) in [6.45, 7) is 6.62. The molecule has 2 amide bonds. The molecule has 2 N–H and O–H groups in total. The highest BCUT2D eigenvalue weighted by Gasteiger charge is 2.29. The zero-order valence-electron chi connectivity index (χ0n) is 13.9. The van der Waals surface area contributed by atoms with E-state index in [0.717, 1.165) is 48.5 Å². The van der Waals surface area contributed by atoms with Gasteiger partial charge in [-0.1, -0.05) is 0 Å². The molecule has 1 saturated heterocycles. The number of amides is 2. The van der Waals surface area contributed by atoms with Crippen LogP contribution in [0.15, 0.2) is 22.9 Å².